The summed E-state index contributed by atoms with van der Waals surface area (Å²) >= 11 is 0. The first kappa shape index (κ1) is 30.2. The largest absolute Gasteiger partial charge is 0.388 e. The molecule has 0 aromatic carbocycles. The molecule has 0 aromatic rings. The number of aliphatic hydroxyl groups excluding tert-OH is 2. The van der Waals surface area contributed by atoms with Crippen LogP contribution in [0.2, 0.25) is 0 Å². The topological polar surface area (TPSA) is 124 Å². The minimum absolute atomic E-state index is 0.0641. The third-order valence-corrected chi connectivity index (χ3v) is 9.16. The minimum Gasteiger partial charge on any atom is -0.388 e. The lowest BCUT2D eigenvalue weighted by Crippen LogP contribution is -2.60. The number of hydrogen-bond donors (Lipinski definition) is 4. The molecule has 1 aliphatic carbocycles. The van der Waals surface area contributed by atoms with Gasteiger partial charge in [-0.1, -0.05) is 41.0 Å². The monoisotopic (exact) mass is 515 g/mol. The van der Waals surface area contributed by atoms with E-state index in [9.17, 15) is 15.3 Å². The molecule has 3 fully saturated rings. The molecular formula is C28H53NO7. The van der Waals surface area contributed by atoms with Crippen LogP contribution in [-0.2, 0) is 18.9 Å². The molecule has 3 aliphatic rings. The standard InChI is InChI=1S/C28H53NO7/c1-7-16(3)21-12-11-17(4)26(34-21)35-24-18(5)14-19(10-9-13-29)25(23(24)31)36-27-22(30)20(8-2)28(6,32)15-33-27/h16-27,30-32H,7-15,29H2,1-6H3/t16?,17-,18+,19-,20-,21+,22-,23+,24?,25?,26?,27?,28+/m1/s1. The lowest BCUT2D eigenvalue weighted by atomic mass is 9.74. The number of hydrogen-bond acceptors (Lipinski definition) is 8. The highest BCUT2D eigenvalue weighted by atomic mass is 16.7. The number of ether oxygens (including phenoxy) is 4. The molecule has 8 heteroatoms. The van der Waals surface area contributed by atoms with Gasteiger partial charge in [0.25, 0.3) is 0 Å². The summed E-state index contributed by atoms with van der Waals surface area (Å²) in [5.41, 5.74) is 4.68. The predicted molar refractivity (Wildman–Crippen MR) is 138 cm³/mol. The molecule has 8 nitrogen and oxygen atoms in total. The van der Waals surface area contributed by atoms with E-state index in [4.69, 9.17) is 24.7 Å². The van der Waals surface area contributed by atoms with Gasteiger partial charge in [-0.2, -0.15) is 0 Å². The van der Waals surface area contributed by atoms with E-state index in [1.807, 2.05) is 6.92 Å². The molecule has 0 bridgehead atoms. The van der Waals surface area contributed by atoms with Crippen molar-refractivity contribution in [2.75, 3.05) is 13.2 Å². The summed E-state index contributed by atoms with van der Waals surface area (Å²) in [6, 6.07) is 0. The fourth-order valence-electron chi connectivity index (χ4n) is 6.53. The molecule has 3 rings (SSSR count). The van der Waals surface area contributed by atoms with Gasteiger partial charge in [-0.15, -0.1) is 0 Å². The van der Waals surface area contributed by atoms with Crippen molar-refractivity contribution < 1.29 is 34.3 Å². The molecule has 2 saturated heterocycles. The fourth-order valence-corrected chi connectivity index (χ4v) is 6.53. The van der Waals surface area contributed by atoms with Gasteiger partial charge in [0.1, 0.15) is 12.2 Å². The van der Waals surface area contributed by atoms with Crippen LogP contribution in [0.25, 0.3) is 0 Å². The molecule has 0 spiro atoms. The maximum Gasteiger partial charge on any atom is 0.184 e. The number of nitrogens with two attached hydrogens (primary N) is 1. The van der Waals surface area contributed by atoms with Gasteiger partial charge in [-0.05, 0) is 69.7 Å². The Morgan fingerprint density at radius 2 is 1.72 bits per heavy atom. The third kappa shape index (κ3) is 6.81. The second-order valence-corrected chi connectivity index (χ2v) is 12.1. The summed E-state index contributed by atoms with van der Waals surface area (Å²) in [6.45, 7) is 12.9. The Morgan fingerprint density at radius 3 is 2.36 bits per heavy atom. The van der Waals surface area contributed by atoms with Crippen molar-refractivity contribution in [1.82, 2.24) is 0 Å². The van der Waals surface area contributed by atoms with Crippen molar-refractivity contribution in [2.45, 2.75) is 135 Å². The van der Waals surface area contributed by atoms with Gasteiger partial charge in [0, 0.05) is 11.8 Å². The van der Waals surface area contributed by atoms with E-state index in [2.05, 4.69) is 27.7 Å². The van der Waals surface area contributed by atoms with E-state index in [0.717, 1.165) is 38.5 Å². The summed E-state index contributed by atoms with van der Waals surface area (Å²) in [6.07, 6.45) is 2.19. The summed E-state index contributed by atoms with van der Waals surface area (Å²) in [5.74, 6) is 0.509. The van der Waals surface area contributed by atoms with Gasteiger partial charge in [0.05, 0.1) is 30.5 Å². The Kier molecular flexibility index (Phi) is 11.0. The van der Waals surface area contributed by atoms with E-state index in [1.54, 1.807) is 6.92 Å². The van der Waals surface area contributed by atoms with Crippen LogP contribution in [0.1, 0.15) is 86.5 Å². The Bertz CT molecular complexity index is 664. The Balaban J connectivity index is 1.75. The average Bonchev–Trinajstić information content (AvgIpc) is 2.84. The van der Waals surface area contributed by atoms with E-state index < -0.39 is 36.3 Å². The van der Waals surface area contributed by atoms with Crippen molar-refractivity contribution in [3.63, 3.8) is 0 Å². The predicted octanol–water partition coefficient (Wildman–Crippen LogP) is 3.19. The van der Waals surface area contributed by atoms with Crippen molar-refractivity contribution in [3.05, 3.63) is 0 Å². The normalized spacial score (nSPS) is 47.0. The van der Waals surface area contributed by atoms with Crippen molar-refractivity contribution in [1.29, 1.82) is 0 Å². The van der Waals surface area contributed by atoms with E-state index in [1.165, 1.54) is 0 Å². The highest BCUT2D eigenvalue weighted by Crippen LogP contribution is 2.41. The van der Waals surface area contributed by atoms with Crippen LogP contribution in [0.15, 0.2) is 0 Å². The maximum atomic E-state index is 11.6. The van der Waals surface area contributed by atoms with Crippen LogP contribution in [0.3, 0.4) is 0 Å². The first-order chi connectivity index (χ1) is 17.0. The molecule has 1 saturated carbocycles. The molecule has 5 N–H and O–H groups in total. The molecule has 212 valence electrons. The SMILES string of the molecule is CCC(C)[C@@H]1CC[C@@H](C)C(OC2[C@H](O)C(OC3OC[C@](C)(O)[C@H](CC)[C@H]3O)[C@H](CCCN)C[C@@H]2C)O1. The lowest BCUT2D eigenvalue weighted by molar-refractivity contribution is -0.325. The Morgan fingerprint density at radius 1 is 1.03 bits per heavy atom. The van der Waals surface area contributed by atoms with Crippen molar-refractivity contribution in [3.8, 4) is 0 Å². The van der Waals surface area contributed by atoms with Crippen LogP contribution in [-0.4, -0.2) is 77.2 Å². The molecule has 2 aliphatic heterocycles. The van der Waals surface area contributed by atoms with E-state index >= 15 is 0 Å². The van der Waals surface area contributed by atoms with Crippen LogP contribution in [0.4, 0.5) is 0 Å². The van der Waals surface area contributed by atoms with Crippen LogP contribution < -0.4 is 5.73 Å². The molecular weight excluding hydrogens is 462 g/mol. The van der Waals surface area contributed by atoms with Crippen molar-refractivity contribution in [2.24, 2.45) is 35.3 Å². The maximum absolute atomic E-state index is 11.6. The Hall–Kier alpha value is -0.320. The number of rotatable bonds is 10. The average molecular weight is 516 g/mol. The highest BCUT2D eigenvalue weighted by Gasteiger charge is 2.50. The quantitative estimate of drug-likeness (QED) is 0.350. The minimum atomic E-state index is -1.13. The Labute approximate surface area is 218 Å². The number of aliphatic hydroxyl groups is 3. The van der Waals surface area contributed by atoms with Gasteiger partial charge in [-0.3, -0.25) is 0 Å². The molecule has 13 atom stereocenters. The van der Waals surface area contributed by atoms with E-state index in [-0.39, 0.29) is 42.7 Å². The van der Waals surface area contributed by atoms with Gasteiger partial charge in [-0.25, -0.2) is 0 Å². The molecule has 0 amide bonds. The first-order valence-electron chi connectivity index (χ1n) is 14.4. The summed E-state index contributed by atoms with van der Waals surface area (Å²) in [7, 11) is 0. The highest BCUT2D eigenvalue weighted by molar-refractivity contribution is 4.96. The molecule has 0 radical (unpaired) electrons. The summed E-state index contributed by atoms with van der Waals surface area (Å²) in [5, 5.41) is 33.3. The summed E-state index contributed by atoms with van der Waals surface area (Å²) < 4.78 is 25.1. The van der Waals surface area contributed by atoms with Gasteiger partial charge in [0.2, 0.25) is 0 Å². The van der Waals surface area contributed by atoms with Gasteiger partial charge >= 0.3 is 0 Å². The summed E-state index contributed by atoms with van der Waals surface area (Å²) in [4.78, 5) is 0. The zero-order chi connectivity index (χ0) is 26.6. The second-order valence-electron chi connectivity index (χ2n) is 12.1. The smallest absolute Gasteiger partial charge is 0.184 e. The molecule has 2 heterocycles. The fraction of sp³-hybridized carbons (Fsp3) is 1.00. The zero-order valence-electron chi connectivity index (χ0n) is 23.3. The second kappa shape index (κ2) is 13.2. The van der Waals surface area contributed by atoms with E-state index in [0.29, 0.717) is 18.9 Å². The third-order valence-electron chi connectivity index (χ3n) is 9.16. The van der Waals surface area contributed by atoms with Crippen molar-refractivity contribution >= 4 is 0 Å². The van der Waals surface area contributed by atoms with Crippen LogP contribution in [0.5, 0.6) is 0 Å². The zero-order valence-corrected chi connectivity index (χ0v) is 23.3. The van der Waals surface area contributed by atoms with Crippen LogP contribution >= 0.6 is 0 Å². The molecule has 5 unspecified atom stereocenters. The van der Waals surface area contributed by atoms with Crippen LogP contribution in [0, 0.1) is 29.6 Å². The van der Waals surface area contributed by atoms with Gasteiger partial charge in [0.15, 0.2) is 12.6 Å². The molecule has 36 heavy (non-hydrogen) atoms. The van der Waals surface area contributed by atoms with Gasteiger partial charge < -0.3 is 40.0 Å². The molecule has 0 aromatic heterocycles. The first-order valence-corrected chi connectivity index (χ1v) is 14.4. The lowest BCUT2D eigenvalue weighted by Gasteiger charge is -2.49.